The van der Waals surface area contributed by atoms with Gasteiger partial charge in [-0.05, 0) is 26.8 Å². The summed E-state index contributed by atoms with van der Waals surface area (Å²) in [5, 5.41) is 0. The molecule has 0 spiro atoms. The molecule has 0 unspecified atom stereocenters. The third kappa shape index (κ3) is 4.32. The van der Waals surface area contributed by atoms with Gasteiger partial charge >= 0.3 is 0 Å². The average molecular weight is 238 g/mol. The van der Waals surface area contributed by atoms with Crippen LogP contribution in [0.4, 0.5) is 0 Å². The topological polar surface area (TPSA) is 57.4 Å². The summed E-state index contributed by atoms with van der Waals surface area (Å²) in [6, 6.07) is 3.73. The van der Waals surface area contributed by atoms with Crippen molar-refractivity contribution >= 4 is 0 Å². The molecular weight excluding hydrogens is 216 g/mol. The van der Waals surface area contributed by atoms with Gasteiger partial charge in [-0.15, -0.1) is 0 Å². The Balaban J connectivity index is 2.58. The van der Waals surface area contributed by atoms with Gasteiger partial charge in [0, 0.05) is 31.3 Å². The molecule has 17 heavy (non-hydrogen) atoms. The van der Waals surface area contributed by atoms with Crippen LogP contribution in [-0.4, -0.2) is 24.3 Å². The molecule has 1 atom stereocenters. The van der Waals surface area contributed by atoms with Crippen molar-refractivity contribution in [2.24, 2.45) is 5.73 Å². The molecule has 96 valence electrons. The molecule has 1 rings (SSSR count). The molecule has 1 aromatic rings. The zero-order valence-corrected chi connectivity index (χ0v) is 11.1. The fourth-order valence-electron chi connectivity index (χ4n) is 1.37. The molecule has 4 nitrogen and oxygen atoms in total. The van der Waals surface area contributed by atoms with E-state index in [2.05, 4.69) is 4.98 Å². The number of ether oxygens (including phenoxy) is 2. The molecule has 0 aliphatic heterocycles. The summed E-state index contributed by atoms with van der Waals surface area (Å²) in [4.78, 5) is 4.20. The predicted molar refractivity (Wildman–Crippen MR) is 68.0 cm³/mol. The lowest BCUT2D eigenvalue weighted by molar-refractivity contribution is 0.00498. The van der Waals surface area contributed by atoms with Crippen LogP contribution < -0.4 is 10.5 Å². The van der Waals surface area contributed by atoms with Crippen LogP contribution in [0.25, 0.3) is 0 Å². The van der Waals surface area contributed by atoms with Gasteiger partial charge < -0.3 is 15.2 Å². The van der Waals surface area contributed by atoms with Crippen LogP contribution in [0.15, 0.2) is 18.3 Å². The largest absolute Gasteiger partial charge is 0.477 e. The van der Waals surface area contributed by atoms with E-state index in [1.165, 1.54) is 0 Å². The van der Waals surface area contributed by atoms with E-state index in [9.17, 15) is 0 Å². The lowest BCUT2D eigenvalue weighted by atomic mass is 10.1. The van der Waals surface area contributed by atoms with Crippen molar-refractivity contribution in [2.75, 3.05) is 13.7 Å². The zero-order chi connectivity index (χ0) is 12.9. The van der Waals surface area contributed by atoms with Gasteiger partial charge in [0.25, 0.3) is 0 Å². The van der Waals surface area contributed by atoms with Crippen LogP contribution >= 0.6 is 0 Å². The number of rotatable bonds is 6. The molecule has 0 saturated heterocycles. The number of methoxy groups -OCH3 is 1. The van der Waals surface area contributed by atoms with Gasteiger partial charge in [-0.3, -0.25) is 0 Å². The second-order valence-corrected chi connectivity index (χ2v) is 4.75. The molecule has 0 aliphatic rings. The normalized spacial score (nSPS) is 13.5. The van der Waals surface area contributed by atoms with Crippen molar-refractivity contribution < 1.29 is 9.47 Å². The van der Waals surface area contributed by atoms with Crippen molar-refractivity contribution in [1.29, 1.82) is 0 Å². The Morgan fingerprint density at radius 1 is 1.47 bits per heavy atom. The van der Waals surface area contributed by atoms with E-state index in [4.69, 9.17) is 15.2 Å². The Hall–Kier alpha value is -1.13. The van der Waals surface area contributed by atoms with E-state index in [1.54, 1.807) is 13.3 Å². The molecule has 1 aromatic heterocycles. The predicted octanol–water partition coefficient (Wildman–Crippen LogP) is 2.30. The van der Waals surface area contributed by atoms with E-state index in [-0.39, 0.29) is 11.6 Å². The lowest BCUT2D eigenvalue weighted by Gasteiger charge is -2.23. The average Bonchev–Trinajstić information content (AvgIpc) is 2.29. The maximum atomic E-state index is 5.85. The molecule has 0 aliphatic carbocycles. The number of hydrogen-bond donors (Lipinski definition) is 1. The molecule has 2 N–H and O–H groups in total. The monoisotopic (exact) mass is 238 g/mol. The minimum atomic E-state index is -0.177. The summed E-state index contributed by atoms with van der Waals surface area (Å²) in [6.45, 7) is 6.54. The first-order valence-electron chi connectivity index (χ1n) is 5.85. The third-order valence-electron chi connectivity index (χ3n) is 2.79. The van der Waals surface area contributed by atoms with Gasteiger partial charge in [0.15, 0.2) is 0 Å². The van der Waals surface area contributed by atoms with Crippen molar-refractivity contribution in [3.8, 4) is 5.88 Å². The second kappa shape index (κ2) is 5.98. The quantitative estimate of drug-likeness (QED) is 0.826. The Kier molecular flexibility index (Phi) is 4.90. The van der Waals surface area contributed by atoms with Crippen LogP contribution in [0.5, 0.6) is 5.88 Å². The molecule has 0 saturated carbocycles. The molecule has 0 aromatic carbocycles. The summed E-state index contributed by atoms with van der Waals surface area (Å²) in [5.41, 5.74) is 6.61. The summed E-state index contributed by atoms with van der Waals surface area (Å²) in [5.74, 6) is 0.620. The van der Waals surface area contributed by atoms with Crippen LogP contribution in [0.2, 0.25) is 0 Å². The minimum Gasteiger partial charge on any atom is -0.477 e. The van der Waals surface area contributed by atoms with Crippen LogP contribution in [0, 0.1) is 0 Å². The zero-order valence-electron chi connectivity index (χ0n) is 11.1. The van der Waals surface area contributed by atoms with E-state index in [1.807, 2.05) is 32.9 Å². The fourth-order valence-corrected chi connectivity index (χ4v) is 1.37. The van der Waals surface area contributed by atoms with E-state index < -0.39 is 0 Å². The van der Waals surface area contributed by atoms with E-state index >= 15 is 0 Å². The van der Waals surface area contributed by atoms with Gasteiger partial charge in [0.1, 0.15) is 0 Å². The summed E-state index contributed by atoms with van der Waals surface area (Å²) in [6.07, 6.45) is 2.52. The molecule has 0 amide bonds. The number of nitrogens with two attached hydrogens (primary N) is 1. The van der Waals surface area contributed by atoms with Gasteiger partial charge in [-0.1, -0.05) is 6.07 Å². The van der Waals surface area contributed by atoms with Gasteiger partial charge in [0.05, 0.1) is 12.2 Å². The third-order valence-corrected chi connectivity index (χ3v) is 2.79. The fraction of sp³-hybridized carbons (Fsp3) is 0.615. The van der Waals surface area contributed by atoms with Crippen molar-refractivity contribution in [3.05, 3.63) is 23.9 Å². The number of aromatic nitrogens is 1. The SMILES string of the molecule is COC(C)(C)CCOc1ncccc1[C@@H](C)N. The van der Waals surface area contributed by atoms with Crippen molar-refractivity contribution in [2.45, 2.75) is 38.8 Å². The minimum absolute atomic E-state index is 0.0749. The van der Waals surface area contributed by atoms with Crippen LogP contribution in [0.3, 0.4) is 0 Å². The van der Waals surface area contributed by atoms with Crippen LogP contribution in [-0.2, 0) is 4.74 Å². The number of pyridine rings is 1. The van der Waals surface area contributed by atoms with Gasteiger partial charge in [0.2, 0.25) is 5.88 Å². The molecule has 0 radical (unpaired) electrons. The standard InChI is InChI=1S/C13H22N2O2/c1-10(14)11-6-5-8-15-12(11)17-9-7-13(2,3)16-4/h5-6,8,10H,7,9,14H2,1-4H3/t10-/m1/s1. The highest BCUT2D eigenvalue weighted by molar-refractivity contribution is 5.28. The summed E-state index contributed by atoms with van der Waals surface area (Å²) in [7, 11) is 1.70. The van der Waals surface area contributed by atoms with Crippen LogP contribution in [0.1, 0.15) is 38.8 Å². The van der Waals surface area contributed by atoms with E-state index in [0.717, 1.165) is 12.0 Å². The highest BCUT2D eigenvalue weighted by Crippen LogP contribution is 2.21. The first-order valence-corrected chi connectivity index (χ1v) is 5.85. The first kappa shape index (κ1) is 13.9. The number of hydrogen-bond acceptors (Lipinski definition) is 4. The maximum absolute atomic E-state index is 5.85. The first-order chi connectivity index (χ1) is 7.96. The van der Waals surface area contributed by atoms with Gasteiger partial charge in [-0.2, -0.15) is 0 Å². The smallest absolute Gasteiger partial charge is 0.218 e. The lowest BCUT2D eigenvalue weighted by Crippen LogP contribution is -2.25. The molecule has 1 heterocycles. The van der Waals surface area contributed by atoms with E-state index in [0.29, 0.717) is 12.5 Å². The highest BCUT2D eigenvalue weighted by atomic mass is 16.5. The van der Waals surface area contributed by atoms with Crippen molar-refractivity contribution in [1.82, 2.24) is 4.98 Å². The Morgan fingerprint density at radius 3 is 2.76 bits per heavy atom. The Labute approximate surface area is 103 Å². The van der Waals surface area contributed by atoms with Gasteiger partial charge in [-0.25, -0.2) is 4.98 Å². The summed E-state index contributed by atoms with van der Waals surface area (Å²) >= 11 is 0. The molecule has 4 heteroatoms. The highest BCUT2D eigenvalue weighted by Gasteiger charge is 2.17. The summed E-state index contributed by atoms with van der Waals surface area (Å²) < 4.78 is 11.0. The molecule has 0 fully saturated rings. The molecule has 0 bridgehead atoms. The second-order valence-electron chi connectivity index (χ2n) is 4.75. The Morgan fingerprint density at radius 2 is 2.18 bits per heavy atom. The maximum Gasteiger partial charge on any atom is 0.218 e. The molecular formula is C13H22N2O2. The number of nitrogens with zero attached hydrogens (tertiary/aromatic N) is 1. The van der Waals surface area contributed by atoms with Crippen molar-refractivity contribution in [3.63, 3.8) is 0 Å². The Bertz CT molecular complexity index is 351.